The Morgan fingerprint density at radius 3 is 0.841 bits per heavy atom. The Morgan fingerprint density at radius 1 is 0.302 bits per heavy atom. The molecule has 0 N–H and O–H groups in total. The van der Waals surface area contributed by atoms with E-state index >= 15 is 0 Å². The molecule has 0 heterocycles. The third-order valence-electron chi connectivity index (χ3n) is 12.1. The predicted molar refractivity (Wildman–Crippen MR) is 270 cm³/mol. The molecule has 0 aliphatic rings. The lowest BCUT2D eigenvalue weighted by molar-refractivity contribution is -0.167. The number of hydrogen-bond donors (Lipinski definition) is 0. The van der Waals surface area contributed by atoms with E-state index in [9.17, 15) is 14.4 Å². The summed E-state index contributed by atoms with van der Waals surface area (Å²) in [5.41, 5.74) is 0. The molecule has 0 rings (SSSR count). The molecule has 0 aromatic carbocycles. The first-order chi connectivity index (χ1) is 31.0. The summed E-state index contributed by atoms with van der Waals surface area (Å²) in [7, 11) is 0. The zero-order valence-electron chi connectivity index (χ0n) is 42.1. The molecule has 0 saturated carbocycles. The first-order valence-corrected chi connectivity index (χ1v) is 27.5. The molecule has 0 aliphatic carbocycles. The molecule has 0 saturated heterocycles. The lowest BCUT2D eigenvalue weighted by Crippen LogP contribution is -2.30. The molecule has 63 heavy (non-hydrogen) atoms. The van der Waals surface area contributed by atoms with Crippen molar-refractivity contribution in [2.75, 3.05) is 13.2 Å². The van der Waals surface area contributed by atoms with E-state index in [0.717, 1.165) is 70.6 Å². The fourth-order valence-corrected chi connectivity index (χ4v) is 7.88. The summed E-state index contributed by atoms with van der Waals surface area (Å²) < 4.78 is 16.8. The van der Waals surface area contributed by atoms with Crippen LogP contribution in [0.2, 0.25) is 0 Å². The first kappa shape index (κ1) is 60.6. The van der Waals surface area contributed by atoms with Crippen molar-refractivity contribution in [2.24, 2.45) is 0 Å². The van der Waals surface area contributed by atoms with Gasteiger partial charge in [0.25, 0.3) is 0 Å². The molecule has 0 spiro atoms. The number of esters is 3. The van der Waals surface area contributed by atoms with Crippen LogP contribution in [0.4, 0.5) is 0 Å². The van der Waals surface area contributed by atoms with Gasteiger partial charge in [-0.15, -0.1) is 0 Å². The van der Waals surface area contributed by atoms with E-state index < -0.39 is 6.10 Å². The monoisotopic (exact) mass is 885 g/mol. The molecule has 368 valence electrons. The molecule has 6 nitrogen and oxygen atoms in total. The van der Waals surface area contributed by atoms with Gasteiger partial charge in [0.05, 0.1) is 0 Å². The highest BCUT2D eigenvalue weighted by atomic mass is 16.6. The van der Waals surface area contributed by atoms with Gasteiger partial charge in [0, 0.05) is 19.3 Å². The Labute approximate surface area is 391 Å². The Kier molecular flexibility index (Phi) is 50.3. The second-order valence-electron chi connectivity index (χ2n) is 18.5. The quantitative estimate of drug-likeness (QED) is 0.0262. The number of carbonyl (C=O) groups excluding carboxylic acids is 3. The highest BCUT2D eigenvalue weighted by Crippen LogP contribution is 2.15. The van der Waals surface area contributed by atoms with Crippen molar-refractivity contribution in [3.63, 3.8) is 0 Å². The van der Waals surface area contributed by atoms with E-state index in [1.54, 1.807) is 0 Å². The maximum absolute atomic E-state index is 12.8. The van der Waals surface area contributed by atoms with E-state index in [2.05, 4.69) is 57.2 Å². The number of rotatable bonds is 50. The molecule has 6 heteroatoms. The number of ether oxygens (including phenoxy) is 3. The Balaban J connectivity index is 4.33. The summed E-state index contributed by atoms with van der Waals surface area (Å²) in [5, 5.41) is 0. The molecular formula is C57H104O6. The fraction of sp³-hybridized carbons (Fsp3) is 0.842. The molecule has 1 atom stereocenters. The summed E-state index contributed by atoms with van der Waals surface area (Å²) in [6.07, 6.45) is 61.3. The molecule has 0 unspecified atom stereocenters. The van der Waals surface area contributed by atoms with E-state index in [0.29, 0.717) is 19.3 Å². The Bertz CT molecular complexity index is 1060. The number of carbonyl (C=O) groups is 3. The zero-order chi connectivity index (χ0) is 45.8. The summed E-state index contributed by atoms with van der Waals surface area (Å²) in [4.78, 5) is 38.0. The van der Waals surface area contributed by atoms with Crippen LogP contribution in [0.5, 0.6) is 0 Å². The van der Waals surface area contributed by atoms with Gasteiger partial charge >= 0.3 is 17.9 Å². The normalized spacial score (nSPS) is 12.2. The predicted octanol–water partition coefficient (Wildman–Crippen LogP) is 18.1. The van der Waals surface area contributed by atoms with Crippen molar-refractivity contribution < 1.29 is 28.6 Å². The maximum atomic E-state index is 12.8. The molecule has 0 fully saturated rings. The van der Waals surface area contributed by atoms with E-state index in [1.807, 2.05) is 0 Å². The van der Waals surface area contributed by atoms with Crippen LogP contribution in [0.25, 0.3) is 0 Å². The van der Waals surface area contributed by atoms with Gasteiger partial charge < -0.3 is 14.2 Å². The highest BCUT2D eigenvalue weighted by Gasteiger charge is 2.19. The van der Waals surface area contributed by atoms with Crippen molar-refractivity contribution in [3.8, 4) is 0 Å². The smallest absolute Gasteiger partial charge is 0.306 e. The second-order valence-corrected chi connectivity index (χ2v) is 18.5. The van der Waals surface area contributed by atoms with Crippen molar-refractivity contribution in [2.45, 2.75) is 297 Å². The molecule has 0 bridgehead atoms. The summed E-state index contributed by atoms with van der Waals surface area (Å²) >= 11 is 0. The van der Waals surface area contributed by atoms with Crippen molar-refractivity contribution >= 4 is 17.9 Å². The van der Waals surface area contributed by atoms with Gasteiger partial charge in [-0.2, -0.15) is 0 Å². The minimum atomic E-state index is -0.779. The van der Waals surface area contributed by atoms with Crippen LogP contribution in [0.15, 0.2) is 36.5 Å². The lowest BCUT2D eigenvalue weighted by atomic mass is 10.1. The van der Waals surface area contributed by atoms with Crippen LogP contribution in [0.3, 0.4) is 0 Å². The third-order valence-corrected chi connectivity index (χ3v) is 12.1. The topological polar surface area (TPSA) is 78.9 Å². The van der Waals surface area contributed by atoms with Crippen molar-refractivity contribution in [1.82, 2.24) is 0 Å². The standard InChI is InChI=1S/C57H104O6/c1-4-7-10-13-16-19-22-24-26-27-28-29-31-32-35-38-41-44-47-50-56(59)62-53-54(52-61-55(58)49-46-43-40-37-34-21-18-15-12-9-6-3)63-57(60)51-48-45-42-39-36-33-30-25-23-20-17-14-11-8-5-2/h15,18,25,27-28,30,54H,4-14,16-17,19-24,26,29,31-53H2,1-3H3/b18-15-,28-27-,30-25-/t54-/m1/s1. The Morgan fingerprint density at radius 2 is 0.540 bits per heavy atom. The summed E-state index contributed by atoms with van der Waals surface area (Å²) in [6, 6.07) is 0. The molecule has 0 radical (unpaired) electrons. The molecule has 0 aromatic heterocycles. The van der Waals surface area contributed by atoms with E-state index in [4.69, 9.17) is 14.2 Å². The van der Waals surface area contributed by atoms with Crippen molar-refractivity contribution in [3.05, 3.63) is 36.5 Å². The molecule has 0 aliphatic heterocycles. The van der Waals surface area contributed by atoms with Crippen LogP contribution in [-0.4, -0.2) is 37.2 Å². The molecule has 0 amide bonds. The fourth-order valence-electron chi connectivity index (χ4n) is 7.88. The van der Waals surface area contributed by atoms with Gasteiger partial charge in [-0.25, -0.2) is 0 Å². The van der Waals surface area contributed by atoms with E-state index in [1.165, 1.54) is 180 Å². The number of hydrogen-bond acceptors (Lipinski definition) is 6. The molecular weight excluding hydrogens is 781 g/mol. The minimum absolute atomic E-state index is 0.0787. The van der Waals surface area contributed by atoms with Crippen LogP contribution < -0.4 is 0 Å². The molecule has 0 aromatic rings. The second kappa shape index (κ2) is 52.3. The van der Waals surface area contributed by atoms with Gasteiger partial charge in [-0.1, -0.05) is 218 Å². The number of allylic oxidation sites excluding steroid dienone is 6. The average molecular weight is 885 g/mol. The minimum Gasteiger partial charge on any atom is -0.462 e. The first-order valence-electron chi connectivity index (χ1n) is 27.5. The van der Waals surface area contributed by atoms with Crippen molar-refractivity contribution in [1.29, 1.82) is 0 Å². The average Bonchev–Trinajstić information content (AvgIpc) is 3.28. The van der Waals surface area contributed by atoms with Crippen LogP contribution in [0, 0.1) is 0 Å². The van der Waals surface area contributed by atoms with Gasteiger partial charge in [0.2, 0.25) is 0 Å². The summed E-state index contributed by atoms with van der Waals surface area (Å²) in [5.74, 6) is -0.890. The SMILES string of the molecule is CCCC/C=C\CCCCCCCC(=O)OC[C@H](COC(=O)CCCCCCCCC/C=C\CCCCCCCCCC)OC(=O)CCCCCCC/C=C\CCCCCCCC. The number of unbranched alkanes of at least 4 members (excludes halogenated alkanes) is 33. The summed E-state index contributed by atoms with van der Waals surface area (Å²) in [6.45, 7) is 6.60. The van der Waals surface area contributed by atoms with Crippen LogP contribution in [0.1, 0.15) is 290 Å². The van der Waals surface area contributed by atoms with Gasteiger partial charge in [-0.3, -0.25) is 14.4 Å². The lowest BCUT2D eigenvalue weighted by Gasteiger charge is -2.18. The van der Waals surface area contributed by atoms with Gasteiger partial charge in [0.15, 0.2) is 6.10 Å². The highest BCUT2D eigenvalue weighted by molar-refractivity contribution is 5.71. The largest absolute Gasteiger partial charge is 0.462 e. The maximum Gasteiger partial charge on any atom is 0.306 e. The van der Waals surface area contributed by atoms with Crippen LogP contribution >= 0.6 is 0 Å². The Hall–Kier alpha value is -2.37. The van der Waals surface area contributed by atoms with Gasteiger partial charge in [0.1, 0.15) is 13.2 Å². The van der Waals surface area contributed by atoms with E-state index in [-0.39, 0.29) is 31.1 Å². The zero-order valence-corrected chi connectivity index (χ0v) is 42.1. The third kappa shape index (κ3) is 50.5. The van der Waals surface area contributed by atoms with Crippen LogP contribution in [-0.2, 0) is 28.6 Å². The van der Waals surface area contributed by atoms with Gasteiger partial charge in [-0.05, 0) is 89.9 Å².